The molecule has 3 aromatic heterocycles. The third kappa shape index (κ3) is 1.58. The molecule has 0 radical (unpaired) electrons. The second kappa shape index (κ2) is 3.67. The van der Waals surface area contributed by atoms with Gasteiger partial charge in [0.05, 0.1) is 9.75 Å². The monoisotopic (exact) mass is 244 g/mol. The van der Waals surface area contributed by atoms with Crippen molar-refractivity contribution in [1.82, 2.24) is 15.2 Å². The van der Waals surface area contributed by atoms with Gasteiger partial charge in [-0.1, -0.05) is 0 Å². The number of thiophene rings is 1. The van der Waals surface area contributed by atoms with E-state index in [1.807, 2.05) is 18.2 Å². The molecule has 0 spiro atoms. The summed E-state index contributed by atoms with van der Waals surface area (Å²) in [5.74, 6) is -0.417. The Hall–Kier alpha value is -2.21. The summed E-state index contributed by atoms with van der Waals surface area (Å²) in [5, 5.41) is 8.00. The first-order valence-corrected chi connectivity index (χ1v) is 5.76. The van der Waals surface area contributed by atoms with E-state index < -0.39 is 5.91 Å². The Balaban J connectivity index is 2.17. The van der Waals surface area contributed by atoms with Crippen molar-refractivity contribution in [2.75, 3.05) is 0 Å². The van der Waals surface area contributed by atoms with Crippen molar-refractivity contribution in [3.63, 3.8) is 0 Å². The van der Waals surface area contributed by atoms with Crippen LogP contribution >= 0.6 is 11.3 Å². The summed E-state index contributed by atoms with van der Waals surface area (Å²) in [4.78, 5) is 16.6. The van der Waals surface area contributed by atoms with E-state index in [1.54, 1.807) is 12.3 Å². The van der Waals surface area contributed by atoms with E-state index in [2.05, 4.69) is 15.2 Å². The predicted molar refractivity (Wildman–Crippen MR) is 65.7 cm³/mol. The topological polar surface area (TPSA) is 84.7 Å². The van der Waals surface area contributed by atoms with Gasteiger partial charge in [0, 0.05) is 11.6 Å². The maximum Gasteiger partial charge on any atom is 0.258 e. The van der Waals surface area contributed by atoms with Crippen LogP contribution in [0, 0.1) is 0 Å². The second-order valence-corrected chi connectivity index (χ2v) is 4.58. The average molecular weight is 244 g/mol. The maximum absolute atomic E-state index is 11.0. The number of nitrogens with zero attached hydrogens (tertiary/aromatic N) is 2. The van der Waals surface area contributed by atoms with Crippen LogP contribution in [-0.2, 0) is 0 Å². The lowest BCUT2D eigenvalue weighted by Gasteiger charge is -1.91. The fourth-order valence-electron chi connectivity index (χ4n) is 1.64. The fraction of sp³-hybridized carbons (Fsp3) is 0. The van der Waals surface area contributed by atoms with Crippen LogP contribution in [0.15, 0.2) is 30.5 Å². The molecule has 0 unspecified atom stereocenters. The van der Waals surface area contributed by atoms with Gasteiger partial charge < -0.3 is 5.73 Å². The molecule has 0 saturated heterocycles. The Bertz CT molecular complexity index is 700. The quantitative estimate of drug-likeness (QED) is 0.720. The van der Waals surface area contributed by atoms with Crippen LogP contribution in [0.2, 0.25) is 0 Å². The first-order valence-electron chi connectivity index (χ1n) is 4.95. The van der Waals surface area contributed by atoms with Crippen molar-refractivity contribution < 1.29 is 4.79 Å². The van der Waals surface area contributed by atoms with Crippen molar-refractivity contribution in [3.05, 3.63) is 35.3 Å². The van der Waals surface area contributed by atoms with Crippen molar-refractivity contribution in [1.29, 1.82) is 0 Å². The van der Waals surface area contributed by atoms with Gasteiger partial charge in [0.1, 0.15) is 5.69 Å². The number of rotatable bonds is 2. The van der Waals surface area contributed by atoms with Gasteiger partial charge in [-0.15, -0.1) is 11.3 Å². The third-order valence-electron chi connectivity index (χ3n) is 2.42. The Morgan fingerprint density at radius 2 is 2.24 bits per heavy atom. The number of fused-ring (bicyclic) bond motifs is 1. The average Bonchev–Trinajstić information content (AvgIpc) is 2.95. The highest BCUT2D eigenvalue weighted by molar-refractivity contribution is 7.17. The number of nitrogens with one attached hydrogen (secondary N) is 1. The molecule has 0 bridgehead atoms. The zero-order valence-corrected chi connectivity index (χ0v) is 9.49. The number of nitrogens with two attached hydrogens (primary N) is 1. The Kier molecular flexibility index (Phi) is 2.15. The van der Waals surface area contributed by atoms with Crippen LogP contribution in [-0.4, -0.2) is 21.1 Å². The molecular weight excluding hydrogens is 236 g/mol. The lowest BCUT2D eigenvalue weighted by molar-refractivity contribution is 0.100. The molecule has 0 aromatic carbocycles. The first kappa shape index (κ1) is 9.98. The number of carbonyl (C=O) groups excluding carboxylic acids is 1. The van der Waals surface area contributed by atoms with Crippen molar-refractivity contribution in [2.45, 2.75) is 0 Å². The second-order valence-electron chi connectivity index (χ2n) is 3.50. The maximum atomic E-state index is 11.0. The van der Waals surface area contributed by atoms with Gasteiger partial charge in [0.15, 0.2) is 5.65 Å². The smallest absolute Gasteiger partial charge is 0.258 e. The van der Waals surface area contributed by atoms with Gasteiger partial charge in [-0.2, -0.15) is 5.10 Å². The Labute approximate surface area is 100 Å². The number of hydrogen-bond acceptors (Lipinski definition) is 4. The summed E-state index contributed by atoms with van der Waals surface area (Å²) in [6.45, 7) is 0. The van der Waals surface area contributed by atoms with Gasteiger partial charge in [-0.05, 0) is 24.3 Å². The van der Waals surface area contributed by atoms with Crippen LogP contribution in [0.4, 0.5) is 0 Å². The summed E-state index contributed by atoms with van der Waals surface area (Å²) in [6, 6.07) is 7.33. The van der Waals surface area contributed by atoms with Crippen LogP contribution < -0.4 is 5.73 Å². The zero-order valence-electron chi connectivity index (χ0n) is 8.68. The summed E-state index contributed by atoms with van der Waals surface area (Å²) in [6.07, 6.45) is 1.70. The van der Waals surface area contributed by atoms with Gasteiger partial charge in [0.25, 0.3) is 5.91 Å². The van der Waals surface area contributed by atoms with E-state index in [9.17, 15) is 4.79 Å². The third-order valence-corrected chi connectivity index (χ3v) is 3.53. The number of aromatic amines is 1. The van der Waals surface area contributed by atoms with Gasteiger partial charge in [-0.3, -0.25) is 9.89 Å². The molecule has 17 heavy (non-hydrogen) atoms. The van der Waals surface area contributed by atoms with E-state index >= 15 is 0 Å². The highest BCUT2D eigenvalue weighted by atomic mass is 32.1. The molecule has 0 aliphatic rings. The van der Waals surface area contributed by atoms with Crippen molar-refractivity contribution >= 4 is 28.3 Å². The highest BCUT2D eigenvalue weighted by Gasteiger charge is 2.12. The van der Waals surface area contributed by atoms with Crippen LogP contribution in [0.1, 0.15) is 9.67 Å². The standard InChI is InChI=1S/C11H8N4OS/c12-10(16)8-4-3-7(17-8)9-6-2-1-5-13-11(6)15-14-9/h1-5H,(H2,12,16)(H,13,14,15). The summed E-state index contributed by atoms with van der Waals surface area (Å²) in [5.41, 5.74) is 6.75. The number of carbonyl (C=O) groups is 1. The molecule has 84 valence electrons. The summed E-state index contributed by atoms with van der Waals surface area (Å²) < 4.78 is 0. The minimum Gasteiger partial charge on any atom is -0.365 e. The molecule has 0 aliphatic carbocycles. The number of primary amides is 1. The van der Waals surface area contributed by atoms with Crippen LogP contribution in [0.25, 0.3) is 21.6 Å². The molecule has 0 aliphatic heterocycles. The van der Waals surface area contributed by atoms with Gasteiger partial charge in [-0.25, -0.2) is 4.98 Å². The molecule has 3 aromatic rings. The minimum atomic E-state index is -0.417. The molecule has 3 N–H and O–H groups in total. The van der Waals surface area contributed by atoms with E-state index in [-0.39, 0.29) is 0 Å². The predicted octanol–water partition coefficient (Wildman–Crippen LogP) is 1.79. The van der Waals surface area contributed by atoms with Crippen LogP contribution in [0.3, 0.4) is 0 Å². The molecule has 5 nitrogen and oxygen atoms in total. The number of hydrogen-bond donors (Lipinski definition) is 2. The molecule has 1 amide bonds. The van der Waals surface area contributed by atoms with Gasteiger partial charge in [0.2, 0.25) is 0 Å². The largest absolute Gasteiger partial charge is 0.365 e. The van der Waals surface area contributed by atoms with Crippen LogP contribution in [0.5, 0.6) is 0 Å². The Morgan fingerprint density at radius 1 is 1.35 bits per heavy atom. The van der Waals surface area contributed by atoms with E-state index in [0.717, 1.165) is 21.6 Å². The normalized spacial score (nSPS) is 10.8. The fourth-order valence-corrected chi connectivity index (χ4v) is 2.50. The summed E-state index contributed by atoms with van der Waals surface area (Å²) in [7, 11) is 0. The number of H-pyrrole nitrogens is 1. The number of amides is 1. The summed E-state index contributed by atoms with van der Waals surface area (Å²) >= 11 is 1.33. The molecule has 0 atom stereocenters. The zero-order chi connectivity index (χ0) is 11.8. The van der Waals surface area contributed by atoms with E-state index in [4.69, 9.17) is 5.73 Å². The van der Waals surface area contributed by atoms with E-state index in [1.165, 1.54) is 11.3 Å². The molecular formula is C11H8N4OS. The Morgan fingerprint density at radius 3 is 3.00 bits per heavy atom. The van der Waals surface area contributed by atoms with Crippen molar-refractivity contribution in [3.8, 4) is 10.6 Å². The molecule has 0 saturated carbocycles. The highest BCUT2D eigenvalue weighted by Crippen LogP contribution is 2.30. The number of aromatic nitrogens is 3. The SMILES string of the molecule is NC(=O)c1ccc(-c2n[nH]c3ncccc23)s1. The van der Waals surface area contributed by atoms with Crippen molar-refractivity contribution in [2.24, 2.45) is 5.73 Å². The lowest BCUT2D eigenvalue weighted by atomic mass is 10.2. The lowest BCUT2D eigenvalue weighted by Crippen LogP contribution is -2.07. The van der Waals surface area contributed by atoms with Gasteiger partial charge >= 0.3 is 0 Å². The molecule has 0 fully saturated rings. The first-order chi connectivity index (χ1) is 8.25. The molecule has 3 heterocycles. The minimum absolute atomic E-state index is 0.417. The molecule has 3 rings (SSSR count). The van der Waals surface area contributed by atoms with E-state index in [0.29, 0.717) is 4.88 Å². The molecule has 6 heteroatoms. The number of pyridine rings is 1.